The number of rotatable bonds is 13. The molecule has 0 bridgehead atoms. The first-order valence-electron chi connectivity index (χ1n) is 13.3. The summed E-state index contributed by atoms with van der Waals surface area (Å²) in [5.74, 6) is -0.927. The van der Waals surface area contributed by atoms with E-state index in [0.29, 0.717) is 23.6 Å². The summed E-state index contributed by atoms with van der Waals surface area (Å²) in [6.07, 6.45) is 1.98. The topological polar surface area (TPSA) is 86.8 Å². The van der Waals surface area contributed by atoms with Crippen molar-refractivity contribution in [2.45, 2.75) is 57.5 Å². The Hall–Kier alpha value is -2.78. The van der Waals surface area contributed by atoms with Crippen LogP contribution in [0.1, 0.15) is 44.2 Å². The molecule has 3 aromatic rings. The lowest BCUT2D eigenvalue weighted by molar-refractivity contribution is -0.140. The molecule has 1 N–H and O–H groups in total. The predicted molar refractivity (Wildman–Crippen MR) is 166 cm³/mol. The number of sulfonamides is 1. The molecule has 0 fully saturated rings. The van der Waals surface area contributed by atoms with E-state index >= 15 is 0 Å². The summed E-state index contributed by atoms with van der Waals surface area (Å²) in [6, 6.07) is 16.8. The summed E-state index contributed by atoms with van der Waals surface area (Å²) in [4.78, 5) is 28.7. The lowest BCUT2D eigenvalue weighted by atomic mass is 10.1. The maximum absolute atomic E-state index is 14.1. The van der Waals surface area contributed by atoms with Gasteiger partial charge in [0.2, 0.25) is 11.8 Å². The zero-order valence-corrected chi connectivity index (χ0v) is 26.3. The van der Waals surface area contributed by atoms with E-state index in [4.69, 9.17) is 34.8 Å². The van der Waals surface area contributed by atoms with Crippen molar-refractivity contribution < 1.29 is 18.0 Å². The number of hydrogen-bond donors (Lipinski definition) is 1. The average molecular weight is 639 g/mol. The molecule has 0 saturated heterocycles. The van der Waals surface area contributed by atoms with Crippen molar-refractivity contribution in [2.75, 3.05) is 17.4 Å². The molecule has 11 heteroatoms. The van der Waals surface area contributed by atoms with E-state index in [1.807, 2.05) is 13.8 Å². The van der Waals surface area contributed by atoms with Gasteiger partial charge in [0.15, 0.2) is 0 Å². The molecule has 0 heterocycles. The number of carbonyl (C=O) groups is 2. The zero-order chi connectivity index (χ0) is 30.2. The number of amides is 2. The highest BCUT2D eigenvalue weighted by Crippen LogP contribution is 2.33. The molecule has 0 unspecified atom stereocenters. The number of aryl methyl sites for hydroxylation is 1. The minimum atomic E-state index is -4.27. The highest BCUT2D eigenvalue weighted by atomic mass is 35.5. The van der Waals surface area contributed by atoms with E-state index in [1.165, 1.54) is 35.2 Å². The Labute approximate surface area is 257 Å². The first-order valence-corrected chi connectivity index (χ1v) is 15.9. The fourth-order valence-corrected chi connectivity index (χ4v) is 6.32. The third-order valence-electron chi connectivity index (χ3n) is 6.58. The quantitative estimate of drug-likeness (QED) is 0.207. The second-order valence-corrected chi connectivity index (χ2v) is 12.7. The van der Waals surface area contributed by atoms with Crippen LogP contribution in [0.4, 0.5) is 5.69 Å². The summed E-state index contributed by atoms with van der Waals surface area (Å²) in [5.41, 5.74) is 1.54. The van der Waals surface area contributed by atoms with Gasteiger partial charge in [-0.15, -0.1) is 0 Å². The van der Waals surface area contributed by atoms with Crippen LogP contribution >= 0.6 is 34.8 Å². The number of hydrogen-bond acceptors (Lipinski definition) is 4. The van der Waals surface area contributed by atoms with Crippen LogP contribution < -0.4 is 9.62 Å². The van der Waals surface area contributed by atoms with Gasteiger partial charge >= 0.3 is 0 Å². The summed E-state index contributed by atoms with van der Waals surface area (Å²) in [7, 11) is -4.27. The predicted octanol–water partition coefficient (Wildman–Crippen LogP) is 6.87. The van der Waals surface area contributed by atoms with Crippen LogP contribution in [0.3, 0.4) is 0 Å². The fourth-order valence-electron chi connectivity index (χ4n) is 4.26. The smallest absolute Gasteiger partial charge is 0.264 e. The number of halogens is 3. The minimum Gasteiger partial charge on any atom is -0.354 e. The molecule has 0 spiro atoms. The second-order valence-electron chi connectivity index (χ2n) is 9.60. The van der Waals surface area contributed by atoms with Gasteiger partial charge in [-0.2, -0.15) is 0 Å². The number of nitrogens with zero attached hydrogens (tertiary/aromatic N) is 2. The molecule has 0 aliphatic carbocycles. The van der Waals surface area contributed by atoms with Gasteiger partial charge in [-0.05, 0) is 61.7 Å². The van der Waals surface area contributed by atoms with Crippen LogP contribution in [0.15, 0.2) is 71.6 Å². The van der Waals surface area contributed by atoms with Crippen LogP contribution in [0.25, 0.3) is 0 Å². The lowest BCUT2D eigenvalue weighted by Crippen LogP contribution is -2.52. The molecule has 0 aromatic heterocycles. The maximum atomic E-state index is 14.1. The van der Waals surface area contributed by atoms with Crippen molar-refractivity contribution in [3.05, 3.63) is 92.9 Å². The Kier molecular flexibility index (Phi) is 11.9. The standard InChI is InChI=1S/C30H34Cl3N3O4S/c1-4-6-17-34-30(38)27(5-2)35(19-22-9-7-8-10-25(22)32)29(37)20-36(28-18-23(31)13-16-26(28)33)41(39,40)24-14-11-21(3)12-15-24/h7-16,18,27H,4-6,17,19-20H2,1-3H3,(H,34,38)/t27-/m0/s1. The van der Waals surface area contributed by atoms with Crippen LogP contribution in [0.5, 0.6) is 0 Å². The normalized spacial score (nSPS) is 12.0. The summed E-state index contributed by atoms with van der Waals surface area (Å²) in [6.45, 7) is 5.49. The van der Waals surface area contributed by atoms with E-state index in [2.05, 4.69) is 5.32 Å². The van der Waals surface area contributed by atoms with E-state index in [1.54, 1.807) is 43.3 Å². The van der Waals surface area contributed by atoms with Gasteiger partial charge in [0, 0.05) is 23.1 Å². The Morgan fingerprint density at radius 3 is 2.24 bits per heavy atom. The number of nitrogens with one attached hydrogen (secondary N) is 1. The van der Waals surface area contributed by atoms with E-state index in [9.17, 15) is 18.0 Å². The maximum Gasteiger partial charge on any atom is 0.264 e. The molecule has 7 nitrogen and oxygen atoms in total. The molecule has 0 aliphatic heterocycles. The van der Waals surface area contributed by atoms with Gasteiger partial charge in [-0.1, -0.05) is 91.0 Å². The van der Waals surface area contributed by atoms with Crippen molar-refractivity contribution >= 4 is 62.3 Å². The third-order valence-corrected chi connectivity index (χ3v) is 9.28. The first-order chi connectivity index (χ1) is 19.5. The first kappa shape index (κ1) is 32.7. The van der Waals surface area contributed by atoms with Gasteiger partial charge in [0.05, 0.1) is 15.6 Å². The Morgan fingerprint density at radius 2 is 1.61 bits per heavy atom. The van der Waals surface area contributed by atoms with E-state index in [0.717, 1.165) is 22.7 Å². The third kappa shape index (κ3) is 8.38. The molecule has 0 radical (unpaired) electrons. The van der Waals surface area contributed by atoms with Crippen LogP contribution in [-0.2, 0) is 26.2 Å². The largest absolute Gasteiger partial charge is 0.354 e. The fraction of sp³-hybridized carbons (Fsp3) is 0.333. The average Bonchev–Trinajstić information content (AvgIpc) is 2.94. The Morgan fingerprint density at radius 1 is 0.927 bits per heavy atom. The minimum absolute atomic E-state index is 0.0000908. The second kappa shape index (κ2) is 14.9. The highest BCUT2D eigenvalue weighted by Gasteiger charge is 2.34. The number of unbranched alkanes of at least 4 members (excludes halogenated alkanes) is 1. The molecule has 3 aromatic carbocycles. The van der Waals surface area contributed by atoms with Crippen LogP contribution in [0.2, 0.25) is 15.1 Å². The molecule has 1 atom stereocenters. The number of anilines is 1. The Bertz CT molecular complexity index is 1470. The van der Waals surface area contributed by atoms with Gasteiger partial charge in [0.25, 0.3) is 10.0 Å². The van der Waals surface area contributed by atoms with Gasteiger partial charge < -0.3 is 10.2 Å². The van der Waals surface area contributed by atoms with Crippen molar-refractivity contribution in [3.63, 3.8) is 0 Å². The van der Waals surface area contributed by atoms with E-state index in [-0.39, 0.29) is 33.1 Å². The van der Waals surface area contributed by atoms with Gasteiger partial charge in [0.1, 0.15) is 12.6 Å². The van der Waals surface area contributed by atoms with E-state index < -0.39 is 28.5 Å². The number of benzene rings is 3. The van der Waals surface area contributed by atoms with Crippen LogP contribution in [-0.4, -0.2) is 44.3 Å². The molecule has 41 heavy (non-hydrogen) atoms. The van der Waals surface area contributed by atoms with Crippen molar-refractivity contribution in [1.82, 2.24) is 10.2 Å². The monoisotopic (exact) mass is 637 g/mol. The summed E-state index contributed by atoms with van der Waals surface area (Å²) >= 11 is 19.1. The summed E-state index contributed by atoms with van der Waals surface area (Å²) in [5, 5.41) is 3.66. The molecule has 3 rings (SSSR count). The van der Waals surface area contributed by atoms with Gasteiger partial charge in [-0.3, -0.25) is 13.9 Å². The van der Waals surface area contributed by atoms with Crippen molar-refractivity contribution in [1.29, 1.82) is 0 Å². The van der Waals surface area contributed by atoms with Crippen molar-refractivity contribution in [3.8, 4) is 0 Å². The number of carbonyl (C=O) groups excluding carboxylic acids is 2. The molecule has 220 valence electrons. The lowest BCUT2D eigenvalue weighted by Gasteiger charge is -2.33. The summed E-state index contributed by atoms with van der Waals surface area (Å²) < 4.78 is 28.9. The zero-order valence-electron chi connectivity index (χ0n) is 23.2. The van der Waals surface area contributed by atoms with Gasteiger partial charge in [-0.25, -0.2) is 8.42 Å². The van der Waals surface area contributed by atoms with Crippen molar-refractivity contribution in [2.24, 2.45) is 0 Å². The molecule has 0 saturated carbocycles. The highest BCUT2D eigenvalue weighted by molar-refractivity contribution is 7.92. The molecule has 2 amide bonds. The Balaban J connectivity index is 2.09. The molecular weight excluding hydrogens is 605 g/mol. The molecule has 0 aliphatic rings. The van der Waals surface area contributed by atoms with Crippen LogP contribution in [0, 0.1) is 6.92 Å². The molecular formula is C30H34Cl3N3O4S. The SMILES string of the molecule is CCCCNC(=O)[C@H](CC)N(Cc1ccccc1Cl)C(=O)CN(c1cc(Cl)ccc1Cl)S(=O)(=O)c1ccc(C)cc1.